The van der Waals surface area contributed by atoms with Crippen molar-refractivity contribution in [3.8, 4) is 5.75 Å². The number of hydrogen-bond acceptors (Lipinski definition) is 4. The van der Waals surface area contributed by atoms with Gasteiger partial charge in [-0.2, -0.15) is 0 Å². The van der Waals surface area contributed by atoms with E-state index in [0.717, 1.165) is 11.1 Å². The lowest BCUT2D eigenvalue weighted by atomic mass is 9.90. The Morgan fingerprint density at radius 2 is 1.89 bits per heavy atom. The number of Topliss-reactive ketones (excluding diaryl/α,β-unsaturated/α-hetero) is 1. The Kier molecular flexibility index (Phi) is 4.26. The molecule has 0 saturated heterocycles. The molecular weight excluding hydrogens is 354 g/mol. The van der Waals surface area contributed by atoms with Crippen molar-refractivity contribution in [1.82, 2.24) is 5.32 Å². The number of carbonyl (C=O) groups is 2. The van der Waals surface area contributed by atoms with Crippen molar-refractivity contribution in [2.24, 2.45) is 0 Å². The fourth-order valence-corrected chi connectivity index (χ4v) is 3.77. The number of rotatable bonds is 3. The molecule has 5 nitrogen and oxygen atoms in total. The Hall–Kier alpha value is -3.08. The molecule has 2 aromatic carbocycles. The van der Waals surface area contributed by atoms with Gasteiger partial charge in [0.15, 0.2) is 11.5 Å². The average molecular weight is 377 g/mol. The van der Waals surface area contributed by atoms with Gasteiger partial charge in [-0.15, -0.1) is 0 Å². The van der Waals surface area contributed by atoms with Crippen LogP contribution in [0.15, 0.2) is 40.8 Å². The number of furan rings is 1. The molecule has 28 heavy (non-hydrogen) atoms. The largest absolute Gasteiger partial charge is 0.487 e. The van der Waals surface area contributed by atoms with Crippen LogP contribution in [0.5, 0.6) is 5.75 Å². The van der Waals surface area contributed by atoms with E-state index in [2.05, 4.69) is 5.32 Å². The molecule has 1 N–H and O–H groups in total. The monoisotopic (exact) mass is 377 g/mol. The van der Waals surface area contributed by atoms with Crippen molar-refractivity contribution in [1.29, 1.82) is 0 Å². The normalized spacial score (nSPS) is 15.2. The average Bonchev–Trinajstić information content (AvgIpc) is 2.96. The molecule has 5 heteroatoms. The first-order valence-electron chi connectivity index (χ1n) is 9.38. The van der Waals surface area contributed by atoms with Crippen LogP contribution in [0.1, 0.15) is 57.9 Å². The number of nitrogens with one attached hydrogen (secondary N) is 1. The van der Waals surface area contributed by atoms with E-state index >= 15 is 0 Å². The van der Waals surface area contributed by atoms with Gasteiger partial charge >= 0.3 is 0 Å². The first kappa shape index (κ1) is 18.3. The van der Waals surface area contributed by atoms with Gasteiger partial charge in [-0.05, 0) is 51.0 Å². The van der Waals surface area contributed by atoms with E-state index in [-0.39, 0.29) is 17.5 Å². The van der Waals surface area contributed by atoms with Crippen molar-refractivity contribution in [3.05, 3.63) is 64.4 Å². The van der Waals surface area contributed by atoms with Crippen LogP contribution >= 0.6 is 0 Å². The van der Waals surface area contributed by atoms with Crippen LogP contribution in [0, 0.1) is 13.8 Å². The molecule has 4 rings (SSSR count). The number of carbonyl (C=O) groups excluding carboxylic acids is 2. The summed E-state index contributed by atoms with van der Waals surface area (Å²) in [5.41, 5.74) is 3.32. The molecule has 2 heterocycles. The third-order valence-corrected chi connectivity index (χ3v) is 5.21. The van der Waals surface area contributed by atoms with Gasteiger partial charge in [0, 0.05) is 17.5 Å². The molecule has 1 aliphatic rings. The summed E-state index contributed by atoms with van der Waals surface area (Å²) in [7, 11) is 0. The van der Waals surface area contributed by atoms with Crippen LogP contribution in [0.2, 0.25) is 0 Å². The molecular formula is C23H23NO4. The third kappa shape index (κ3) is 3.07. The van der Waals surface area contributed by atoms with Crippen molar-refractivity contribution in [2.45, 2.75) is 46.3 Å². The fourth-order valence-electron chi connectivity index (χ4n) is 3.77. The van der Waals surface area contributed by atoms with Gasteiger partial charge in [0.2, 0.25) is 0 Å². The Bertz CT molecular complexity index is 1110. The zero-order valence-corrected chi connectivity index (χ0v) is 16.5. The van der Waals surface area contributed by atoms with E-state index < -0.39 is 5.60 Å². The summed E-state index contributed by atoms with van der Waals surface area (Å²) in [6, 6.07) is 11.4. The minimum atomic E-state index is -0.539. The summed E-state index contributed by atoms with van der Waals surface area (Å²) in [4.78, 5) is 25.5. The number of ether oxygens (including phenoxy) is 1. The van der Waals surface area contributed by atoms with Gasteiger partial charge in [0.05, 0.1) is 12.0 Å². The minimum absolute atomic E-state index is 0.00705. The predicted octanol–water partition coefficient (Wildman–Crippen LogP) is 4.72. The van der Waals surface area contributed by atoms with Crippen molar-refractivity contribution in [3.63, 3.8) is 0 Å². The lowest BCUT2D eigenvalue weighted by Crippen LogP contribution is -2.36. The summed E-state index contributed by atoms with van der Waals surface area (Å²) >= 11 is 0. The smallest absolute Gasteiger partial charge is 0.287 e. The van der Waals surface area contributed by atoms with Crippen LogP contribution in [0.3, 0.4) is 0 Å². The van der Waals surface area contributed by atoms with Gasteiger partial charge in [0.25, 0.3) is 5.91 Å². The molecule has 1 amide bonds. The number of ketones is 1. The van der Waals surface area contributed by atoms with Crippen molar-refractivity contribution >= 4 is 22.7 Å². The van der Waals surface area contributed by atoms with Gasteiger partial charge in [-0.25, -0.2) is 0 Å². The molecule has 0 aliphatic carbocycles. The van der Waals surface area contributed by atoms with Crippen LogP contribution < -0.4 is 10.1 Å². The fraction of sp³-hybridized carbons (Fsp3) is 0.304. The van der Waals surface area contributed by atoms with Crippen LogP contribution in [0.25, 0.3) is 11.0 Å². The van der Waals surface area contributed by atoms with E-state index in [4.69, 9.17) is 9.15 Å². The lowest BCUT2D eigenvalue weighted by molar-refractivity contribution is 0.0623. The summed E-state index contributed by atoms with van der Waals surface area (Å²) in [6.45, 7) is 8.01. The highest BCUT2D eigenvalue weighted by Crippen LogP contribution is 2.40. The molecule has 0 unspecified atom stereocenters. The molecule has 3 aromatic rings. The zero-order valence-electron chi connectivity index (χ0n) is 16.5. The Labute approximate surface area is 163 Å². The topological polar surface area (TPSA) is 68.5 Å². The van der Waals surface area contributed by atoms with E-state index in [1.807, 2.05) is 52.0 Å². The quantitative estimate of drug-likeness (QED) is 0.717. The molecule has 1 aliphatic heterocycles. The predicted molar refractivity (Wildman–Crippen MR) is 107 cm³/mol. The molecule has 0 spiro atoms. The summed E-state index contributed by atoms with van der Waals surface area (Å²) in [5, 5.41) is 3.58. The second-order valence-electron chi connectivity index (χ2n) is 7.94. The minimum Gasteiger partial charge on any atom is -0.487 e. The highest BCUT2D eigenvalue weighted by molar-refractivity contribution is 6.13. The van der Waals surface area contributed by atoms with Gasteiger partial charge in [-0.3, -0.25) is 9.59 Å². The molecule has 1 aromatic heterocycles. The zero-order chi connectivity index (χ0) is 20.1. The molecule has 0 radical (unpaired) electrons. The molecule has 0 bridgehead atoms. The number of amides is 1. The summed E-state index contributed by atoms with van der Waals surface area (Å²) in [6.07, 6.45) is 0.290. The number of fused-ring (bicyclic) bond motifs is 3. The number of hydrogen-bond donors (Lipinski definition) is 1. The summed E-state index contributed by atoms with van der Waals surface area (Å²) in [5.74, 6) is 0.488. The van der Waals surface area contributed by atoms with E-state index in [1.54, 1.807) is 12.1 Å². The Balaban J connectivity index is 1.69. The lowest BCUT2D eigenvalue weighted by Gasteiger charge is -2.31. The van der Waals surface area contributed by atoms with Gasteiger partial charge < -0.3 is 14.5 Å². The van der Waals surface area contributed by atoms with E-state index in [0.29, 0.717) is 40.8 Å². The molecule has 0 fully saturated rings. The maximum absolute atomic E-state index is 12.8. The highest BCUT2D eigenvalue weighted by atomic mass is 16.5. The third-order valence-electron chi connectivity index (χ3n) is 5.21. The standard InChI is InChI=1S/C23H23NO4/c1-13-7-5-6-8-15(13)12-24-22(26)21-14(2)19-17(27-21)9-10-18-20(19)16(25)11-23(3,4)28-18/h5-10H,11-12H2,1-4H3,(H,24,26). The van der Waals surface area contributed by atoms with E-state index in [1.165, 1.54) is 0 Å². The second kappa shape index (κ2) is 6.51. The maximum atomic E-state index is 12.8. The SMILES string of the molecule is Cc1ccccc1CNC(=O)c1oc2ccc3c(c2c1C)C(=O)CC(C)(C)O3. The molecule has 0 atom stereocenters. The highest BCUT2D eigenvalue weighted by Gasteiger charge is 2.35. The van der Waals surface area contributed by atoms with E-state index in [9.17, 15) is 9.59 Å². The van der Waals surface area contributed by atoms with Crippen molar-refractivity contribution in [2.75, 3.05) is 0 Å². The summed E-state index contributed by atoms with van der Waals surface area (Å²) < 4.78 is 11.8. The first-order valence-corrected chi connectivity index (χ1v) is 9.38. The van der Waals surface area contributed by atoms with Crippen LogP contribution in [-0.4, -0.2) is 17.3 Å². The maximum Gasteiger partial charge on any atom is 0.287 e. The second-order valence-corrected chi connectivity index (χ2v) is 7.94. The molecule has 0 saturated carbocycles. The number of benzene rings is 2. The van der Waals surface area contributed by atoms with Crippen LogP contribution in [0.4, 0.5) is 0 Å². The Morgan fingerprint density at radius 3 is 2.64 bits per heavy atom. The van der Waals surface area contributed by atoms with Gasteiger partial charge in [0.1, 0.15) is 16.9 Å². The van der Waals surface area contributed by atoms with Crippen molar-refractivity contribution < 1.29 is 18.7 Å². The molecule has 144 valence electrons. The first-order chi connectivity index (χ1) is 13.3. The Morgan fingerprint density at radius 1 is 1.14 bits per heavy atom. The van der Waals surface area contributed by atoms with Gasteiger partial charge in [-0.1, -0.05) is 24.3 Å². The van der Waals surface area contributed by atoms with Crippen LogP contribution in [-0.2, 0) is 6.54 Å². The number of aryl methyl sites for hydroxylation is 2.